The first-order valence-corrected chi connectivity index (χ1v) is 15.1. The second-order valence-corrected chi connectivity index (χ2v) is 13.0. The van der Waals surface area contributed by atoms with E-state index in [0.717, 1.165) is 71.9 Å². The van der Waals surface area contributed by atoms with Crippen molar-refractivity contribution in [1.29, 1.82) is 0 Å². The zero-order valence-corrected chi connectivity index (χ0v) is 23.1. The average molecular weight is 543 g/mol. The molecule has 6 nitrogen and oxygen atoms in total. The first-order chi connectivity index (χ1) is 19.4. The van der Waals surface area contributed by atoms with Gasteiger partial charge in [-0.3, -0.25) is 4.79 Å². The van der Waals surface area contributed by atoms with Gasteiger partial charge in [-0.1, -0.05) is 30.3 Å². The Balaban J connectivity index is 1.07. The summed E-state index contributed by atoms with van der Waals surface area (Å²) in [5.41, 5.74) is 3.04. The fourth-order valence-corrected chi connectivity index (χ4v) is 8.26. The summed E-state index contributed by atoms with van der Waals surface area (Å²) in [6, 6.07) is 14.6. The summed E-state index contributed by atoms with van der Waals surface area (Å²) in [6.07, 6.45) is 11.9. The Morgan fingerprint density at radius 2 is 1.62 bits per heavy atom. The van der Waals surface area contributed by atoms with Crippen LogP contribution in [0.1, 0.15) is 62.5 Å². The van der Waals surface area contributed by atoms with E-state index >= 15 is 0 Å². The van der Waals surface area contributed by atoms with Crippen molar-refractivity contribution in [3.8, 4) is 0 Å². The average Bonchev–Trinajstić information content (AvgIpc) is 3.69. The Morgan fingerprint density at radius 3 is 2.30 bits per heavy atom. The van der Waals surface area contributed by atoms with Crippen LogP contribution in [0.25, 0.3) is 10.9 Å². The molecule has 3 aromatic rings. The number of aromatic nitrogens is 1. The van der Waals surface area contributed by atoms with E-state index in [1.54, 1.807) is 12.1 Å². The summed E-state index contributed by atoms with van der Waals surface area (Å²) in [7, 11) is 0. The Kier molecular flexibility index (Phi) is 6.56. The maximum Gasteiger partial charge on any atom is 0.318 e. The van der Waals surface area contributed by atoms with Crippen molar-refractivity contribution in [2.24, 2.45) is 17.8 Å². The molecular weight excluding hydrogens is 503 g/mol. The van der Waals surface area contributed by atoms with Crippen molar-refractivity contribution >= 4 is 22.8 Å². The molecule has 4 bridgehead atoms. The second kappa shape index (κ2) is 10.2. The third-order valence-corrected chi connectivity index (χ3v) is 9.93. The molecule has 40 heavy (non-hydrogen) atoms. The van der Waals surface area contributed by atoms with Crippen molar-refractivity contribution in [2.45, 2.75) is 75.9 Å². The van der Waals surface area contributed by atoms with Gasteiger partial charge in [-0.25, -0.2) is 9.18 Å². The predicted molar refractivity (Wildman–Crippen MR) is 153 cm³/mol. The number of halogens is 1. The first kappa shape index (κ1) is 25.6. The van der Waals surface area contributed by atoms with Crippen LogP contribution in [0.5, 0.6) is 0 Å². The number of H-pyrrole nitrogens is 1. The zero-order chi connectivity index (χ0) is 27.3. The monoisotopic (exact) mass is 542 g/mol. The molecule has 5 saturated carbocycles. The van der Waals surface area contributed by atoms with E-state index in [2.05, 4.69) is 22.4 Å². The van der Waals surface area contributed by atoms with Gasteiger partial charge in [0.15, 0.2) is 0 Å². The van der Waals surface area contributed by atoms with Crippen LogP contribution in [0.3, 0.4) is 0 Å². The van der Waals surface area contributed by atoms with E-state index in [-0.39, 0.29) is 35.9 Å². The highest BCUT2D eigenvalue weighted by molar-refractivity contribution is 5.85. The third kappa shape index (κ3) is 5.23. The van der Waals surface area contributed by atoms with Gasteiger partial charge >= 0.3 is 6.03 Å². The fraction of sp³-hybridized carbons (Fsp3) is 0.515. The maximum absolute atomic E-state index is 13.9. The van der Waals surface area contributed by atoms with E-state index in [1.807, 2.05) is 28.1 Å². The molecule has 8 rings (SSSR count). The number of rotatable bonds is 9. The Morgan fingerprint density at radius 1 is 0.950 bits per heavy atom. The number of carbonyl (C=O) groups is 2. The number of amides is 3. The highest BCUT2D eigenvalue weighted by Crippen LogP contribution is 2.55. The van der Waals surface area contributed by atoms with Crippen molar-refractivity contribution in [3.63, 3.8) is 0 Å². The van der Waals surface area contributed by atoms with Gasteiger partial charge in [-0.05, 0) is 105 Å². The van der Waals surface area contributed by atoms with Crippen molar-refractivity contribution in [1.82, 2.24) is 20.1 Å². The van der Waals surface area contributed by atoms with Crippen molar-refractivity contribution < 1.29 is 14.0 Å². The molecule has 0 aliphatic heterocycles. The lowest BCUT2D eigenvalue weighted by Crippen LogP contribution is -2.62. The number of benzene rings is 2. The van der Waals surface area contributed by atoms with Crippen LogP contribution in [0, 0.1) is 23.6 Å². The molecule has 7 heteroatoms. The molecule has 0 atom stereocenters. The molecule has 0 unspecified atom stereocenters. The largest absolute Gasteiger partial charge is 0.361 e. The van der Waals surface area contributed by atoms with Crippen LogP contribution in [-0.4, -0.2) is 51.4 Å². The topological polar surface area (TPSA) is 68.4 Å². The van der Waals surface area contributed by atoms with Gasteiger partial charge in [0, 0.05) is 41.8 Å². The van der Waals surface area contributed by atoms with Crippen LogP contribution < -0.4 is 5.32 Å². The minimum absolute atomic E-state index is 0.0586. The summed E-state index contributed by atoms with van der Waals surface area (Å²) >= 11 is 0. The minimum Gasteiger partial charge on any atom is -0.361 e. The lowest BCUT2D eigenvalue weighted by Gasteiger charge is -2.57. The Bertz CT molecular complexity index is 1360. The molecule has 1 heterocycles. The first-order valence-electron chi connectivity index (χ1n) is 15.1. The Labute approximate surface area is 235 Å². The highest BCUT2D eigenvalue weighted by atomic mass is 19.1. The molecule has 2 aromatic carbocycles. The molecular formula is C33H39FN4O2. The Hall–Kier alpha value is -3.35. The van der Waals surface area contributed by atoms with Crippen LogP contribution in [0.15, 0.2) is 54.7 Å². The van der Waals surface area contributed by atoms with Gasteiger partial charge in [0.2, 0.25) is 5.91 Å². The van der Waals surface area contributed by atoms with Crippen LogP contribution in [-0.2, 0) is 17.8 Å². The number of carbonyl (C=O) groups excluding carboxylic acids is 2. The van der Waals surface area contributed by atoms with Gasteiger partial charge in [0.25, 0.3) is 0 Å². The fourth-order valence-electron chi connectivity index (χ4n) is 8.26. The highest BCUT2D eigenvalue weighted by Gasteiger charge is 2.52. The number of aromatic amines is 1. The van der Waals surface area contributed by atoms with E-state index in [4.69, 9.17) is 0 Å². The summed E-state index contributed by atoms with van der Waals surface area (Å²) in [6.45, 7) is 0.988. The van der Waals surface area contributed by atoms with Gasteiger partial charge in [0.1, 0.15) is 12.4 Å². The number of nitrogens with one attached hydrogen (secondary N) is 2. The molecule has 5 fully saturated rings. The van der Waals surface area contributed by atoms with Gasteiger partial charge in [-0.2, -0.15) is 0 Å². The maximum atomic E-state index is 13.9. The smallest absolute Gasteiger partial charge is 0.318 e. The molecule has 0 radical (unpaired) electrons. The standard InChI is InChI=1S/C33H39FN4O2/c34-27-7-5-22(6-8-27)20-37(12-11-26-19-35-30-4-2-1-3-29(26)30)31(39)21-38(28-9-10-28)32(40)36-33-16-23-13-24(17-33)15-25(14-23)18-33/h1-8,19,23-25,28,35H,9-18,20-21H2,(H,36,40). The van der Waals surface area contributed by atoms with Crippen LogP contribution in [0.2, 0.25) is 0 Å². The summed E-state index contributed by atoms with van der Waals surface area (Å²) in [4.78, 5) is 34.6. The molecule has 5 aliphatic carbocycles. The number of nitrogens with zero attached hydrogens (tertiary/aromatic N) is 2. The number of para-hydroxylation sites is 1. The summed E-state index contributed by atoms with van der Waals surface area (Å²) < 4.78 is 13.6. The van der Waals surface area contributed by atoms with Crippen molar-refractivity contribution in [2.75, 3.05) is 13.1 Å². The molecule has 3 amide bonds. The lowest BCUT2D eigenvalue weighted by molar-refractivity contribution is -0.132. The number of hydrogen-bond donors (Lipinski definition) is 2. The molecule has 5 aliphatic rings. The normalized spacial score (nSPS) is 26.7. The van der Waals surface area contributed by atoms with E-state index in [1.165, 1.54) is 31.4 Å². The zero-order valence-electron chi connectivity index (χ0n) is 23.1. The summed E-state index contributed by atoms with van der Waals surface area (Å²) in [5, 5.41) is 4.65. The third-order valence-electron chi connectivity index (χ3n) is 9.93. The minimum atomic E-state index is -0.290. The molecule has 210 valence electrons. The van der Waals surface area contributed by atoms with E-state index < -0.39 is 0 Å². The van der Waals surface area contributed by atoms with Crippen LogP contribution in [0.4, 0.5) is 9.18 Å². The quantitative estimate of drug-likeness (QED) is 0.347. The van der Waals surface area contributed by atoms with Gasteiger partial charge in [-0.15, -0.1) is 0 Å². The molecule has 2 N–H and O–H groups in total. The summed E-state index contributed by atoms with van der Waals surface area (Å²) in [5.74, 6) is 1.90. The molecule has 0 spiro atoms. The second-order valence-electron chi connectivity index (χ2n) is 13.0. The SMILES string of the molecule is O=C(CN(C(=O)NC12CC3CC(CC(C3)C1)C2)C1CC1)N(CCc1c[nH]c2ccccc12)Cc1ccc(F)cc1. The van der Waals surface area contributed by atoms with Gasteiger partial charge < -0.3 is 20.1 Å². The molecule has 1 aromatic heterocycles. The number of hydrogen-bond acceptors (Lipinski definition) is 2. The number of urea groups is 1. The van der Waals surface area contributed by atoms with Crippen LogP contribution >= 0.6 is 0 Å². The van der Waals surface area contributed by atoms with E-state index in [0.29, 0.717) is 19.5 Å². The van der Waals surface area contributed by atoms with Gasteiger partial charge in [0.05, 0.1) is 0 Å². The van der Waals surface area contributed by atoms with Crippen molar-refractivity contribution in [3.05, 3.63) is 71.7 Å². The predicted octanol–water partition coefficient (Wildman–Crippen LogP) is 6.02. The van der Waals surface area contributed by atoms with E-state index in [9.17, 15) is 14.0 Å². The molecule has 0 saturated heterocycles. The number of fused-ring (bicyclic) bond motifs is 1. The lowest BCUT2D eigenvalue weighted by atomic mass is 9.53.